The maximum Gasteiger partial charge on any atom is 0.317 e. The van der Waals surface area contributed by atoms with Crippen molar-refractivity contribution in [2.45, 2.75) is 33.6 Å². The van der Waals surface area contributed by atoms with Gasteiger partial charge in [-0.3, -0.25) is 9.69 Å². The molecule has 1 rings (SSSR count). The van der Waals surface area contributed by atoms with E-state index in [-0.39, 0.29) is 19.0 Å². The van der Waals surface area contributed by atoms with Crippen molar-refractivity contribution < 1.29 is 14.6 Å². The Balaban J connectivity index is 0.00000400. The number of hydrogen-bond donors (Lipinski definition) is 1. The lowest BCUT2D eigenvalue weighted by atomic mass is 10.1. The average Bonchev–Trinajstić information content (AvgIpc) is 2.36. The molecule has 0 unspecified atom stereocenters. The van der Waals surface area contributed by atoms with Crippen LogP contribution in [0.1, 0.15) is 30.9 Å². The molecule has 0 aliphatic carbocycles. The maximum atomic E-state index is 10.8. The minimum Gasteiger partial charge on any atom is -0.493 e. The Kier molecular flexibility index (Phi) is 9.84. The average molecular weight is 316 g/mol. The van der Waals surface area contributed by atoms with Crippen molar-refractivity contribution in [3.63, 3.8) is 0 Å². The van der Waals surface area contributed by atoms with Crippen molar-refractivity contribution in [2.75, 3.05) is 26.2 Å². The monoisotopic (exact) mass is 315 g/mol. The predicted molar refractivity (Wildman–Crippen MR) is 87.6 cm³/mol. The molecule has 0 amide bonds. The molecule has 21 heavy (non-hydrogen) atoms. The number of rotatable bonds is 9. The zero-order chi connectivity index (χ0) is 15.0. The minimum atomic E-state index is -0.769. The molecule has 1 aromatic rings. The molecule has 1 N–H and O–H groups in total. The summed E-state index contributed by atoms with van der Waals surface area (Å²) in [5.41, 5.74) is 2.28. The van der Waals surface area contributed by atoms with E-state index in [1.807, 2.05) is 36.9 Å². The Bertz CT molecular complexity index is 417. The normalized spacial score (nSPS) is 10.3. The number of para-hydroxylation sites is 1. The molecule has 0 spiro atoms. The van der Waals surface area contributed by atoms with Crippen molar-refractivity contribution in [1.29, 1.82) is 0 Å². The van der Waals surface area contributed by atoms with Gasteiger partial charge in [-0.05, 0) is 44.4 Å². The molecule has 0 aliphatic rings. The van der Waals surface area contributed by atoms with Gasteiger partial charge in [-0.25, -0.2) is 0 Å². The summed E-state index contributed by atoms with van der Waals surface area (Å²) >= 11 is 0. The number of halogens is 1. The van der Waals surface area contributed by atoms with Gasteiger partial charge in [-0.2, -0.15) is 0 Å². The highest BCUT2D eigenvalue weighted by Crippen LogP contribution is 2.22. The van der Waals surface area contributed by atoms with Crippen LogP contribution in [0.5, 0.6) is 5.75 Å². The maximum absolute atomic E-state index is 10.8. The van der Waals surface area contributed by atoms with E-state index >= 15 is 0 Å². The van der Waals surface area contributed by atoms with Crippen molar-refractivity contribution in [3.8, 4) is 5.75 Å². The topological polar surface area (TPSA) is 49.8 Å². The van der Waals surface area contributed by atoms with Crippen LogP contribution in [-0.2, 0) is 4.79 Å². The molecule has 0 bridgehead atoms. The SMILES string of the molecule is CCCN(CCCOc1c(C)cccc1C)CC(=O)O.Cl. The third-order valence-corrected chi connectivity index (χ3v) is 3.17. The van der Waals surface area contributed by atoms with E-state index in [2.05, 4.69) is 6.92 Å². The van der Waals surface area contributed by atoms with Crippen molar-refractivity contribution >= 4 is 18.4 Å². The fraction of sp³-hybridized carbons (Fsp3) is 0.562. The van der Waals surface area contributed by atoms with Crippen LogP contribution in [-0.4, -0.2) is 42.2 Å². The summed E-state index contributed by atoms with van der Waals surface area (Å²) in [6.07, 6.45) is 1.80. The molecule has 0 aromatic heterocycles. The van der Waals surface area contributed by atoms with Gasteiger partial charge in [0.2, 0.25) is 0 Å². The second-order valence-electron chi connectivity index (χ2n) is 5.09. The molecule has 0 heterocycles. The standard InChI is InChI=1S/C16H25NO3.ClH/c1-4-9-17(12-15(18)19)10-6-11-20-16-13(2)7-5-8-14(16)3;/h5,7-8H,4,6,9-12H2,1-3H3,(H,18,19);1H. The summed E-state index contributed by atoms with van der Waals surface area (Å²) in [5.74, 6) is 0.182. The summed E-state index contributed by atoms with van der Waals surface area (Å²) in [6.45, 7) is 8.43. The van der Waals surface area contributed by atoms with Crippen molar-refractivity contribution in [2.24, 2.45) is 0 Å². The Morgan fingerprint density at radius 2 is 1.86 bits per heavy atom. The second kappa shape index (κ2) is 10.5. The van der Waals surface area contributed by atoms with Gasteiger partial charge in [0.1, 0.15) is 5.75 Å². The van der Waals surface area contributed by atoms with Crippen LogP contribution >= 0.6 is 12.4 Å². The van der Waals surface area contributed by atoms with Crippen LogP contribution in [0.2, 0.25) is 0 Å². The van der Waals surface area contributed by atoms with E-state index in [0.29, 0.717) is 6.61 Å². The highest BCUT2D eigenvalue weighted by Gasteiger charge is 2.09. The lowest BCUT2D eigenvalue weighted by Gasteiger charge is -2.19. The summed E-state index contributed by atoms with van der Waals surface area (Å²) in [4.78, 5) is 12.7. The fourth-order valence-corrected chi connectivity index (χ4v) is 2.27. The molecular formula is C16H26ClNO3. The van der Waals surface area contributed by atoms with Gasteiger partial charge in [0.15, 0.2) is 0 Å². The van der Waals surface area contributed by atoms with Gasteiger partial charge in [0.25, 0.3) is 0 Å². The second-order valence-corrected chi connectivity index (χ2v) is 5.09. The van der Waals surface area contributed by atoms with Crippen molar-refractivity contribution in [3.05, 3.63) is 29.3 Å². The molecule has 1 aromatic carbocycles. The van der Waals surface area contributed by atoms with E-state index in [9.17, 15) is 4.79 Å². The zero-order valence-electron chi connectivity index (χ0n) is 13.1. The first-order valence-electron chi connectivity index (χ1n) is 7.17. The van der Waals surface area contributed by atoms with Crippen LogP contribution in [0.3, 0.4) is 0 Å². The van der Waals surface area contributed by atoms with E-state index in [1.54, 1.807) is 0 Å². The first kappa shape index (κ1) is 19.7. The number of benzene rings is 1. The Labute approximate surface area is 133 Å². The van der Waals surface area contributed by atoms with Gasteiger partial charge in [-0.1, -0.05) is 25.1 Å². The molecule has 0 aliphatic heterocycles. The summed E-state index contributed by atoms with van der Waals surface area (Å²) < 4.78 is 5.83. The number of hydrogen-bond acceptors (Lipinski definition) is 3. The number of carboxylic acids is 1. The predicted octanol–water partition coefficient (Wildman–Crippen LogP) is 3.29. The number of ether oxygens (including phenoxy) is 1. The number of carboxylic acid groups (broad SMARTS) is 1. The van der Waals surface area contributed by atoms with Gasteiger partial charge < -0.3 is 9.84 Å². The van der Waals surface area contributed by atoms with E-state index in [4.69, 9.17) is 9.84 Å². The summed E-state index contributed by atoms with van der Waals surface area (Å²) in [6, 6.07) is 6.10. The molecule has 0 atom stereocenters. The molecule has 5 heteroatoms. The van der Waals surface area contributed by atoms with Crippen LogP contribution < -0.4 is 4.74 Å². The van der Waals surface area contributed by atoms with Crippen LogP contribution in [0.15, 0.2) is 18.2 Å². The molecule has 0 radical (unpaired) electrons. The summed E-state index contributed by atoms with van der Waals surface area (Å²) in [7, 11) is 0. The van der Waals surface area contributed by atoms with Crippen LogP contribution in [0.4, 0.5) is 0 Å². The van der Waals surface area contributed by atoms with E-state index in [1.165, 1.54) is 0 Å². The number of nitrogens with zero attached hydrogens (tertiary/aromatic N) is 1. The molecule has 0 saturated carbocycles. The number of carbonyl (C=O) groups is 1. The molecule has 0 fully saturated rings. The van der Waals surface area contributed by atoms with Gasteiger partial charge >= 0.3 is 5.97 Å². The zero-order valence-corrected chi connectivity index (χ0v) is 13.9. The van der Waals surface area contributed by atoms with Gasteiger partial charge in [0, 0.05) is 6.54 Å². The Hall–Kier alpha value is -1.26. The quantitative estimate of drug-likeness (QED) is 0.710. The summed E-state index contributed by atoms with van der Waals surface area (Å²) in [5, 5.41) is 8.84. The minimum absolute atomic E-state index is 0. The number of aryl methyl sites for hydroxylation is 2. The first-order chi connectivity index (χ1) is 9.54. The smallest absolute Gasteiger partial charge is 0.317 e. The first-order valence-corrected chi connectivity index (χ1v) is 7.17. The molecular weight excluding hydrogens is 290 g/mol. The Morgan fingerprint density at radius 1 is 1.24 bits per heavy atom. The van der Waals surface area contributed by atoms with Crippen LogP contribution in [0.25, 0.3) is 0 Å². The van der Waals surface area contributed by atoms with Gasteiger partial charge in [-0.15, -0.1) is 12.4 Å². The third kappa shape index (κ3) is 7.34. The highest BCUT2D eigenvalue weighted by atomic mass is 35.5. The number of aliphatic carboxylic acids is 1. The largest absolute Gasteiger partial charge is 0.493 e. The van der Waals surface area contributed by atoms with Crippen molar-refractivity contribution in [1.82, 2.24) is 4.90 Å². The van der Waals surface area contributed by atoms with E-state index < -0.39 is 5.97 Å². The van der Waals surface area contributed by atoms with Gasteiger partial charge in [0.05, 0.1) is 13.2 Å². The Morgan fingerprint density at radius 3 is 2.38 bits per heavy atom. The fourth-order valence-electron chi connectivity index (χ4n) is 2.27. The van der Waals surface area contributed by atoms with E-state index in [0.717, 1.165) is 42.8 Å². The third-order valence-electron chi connectivity index (χ3n) is 3.17. The lowest BCUT2D eigenvalue weighted by molar-refractivity contribution is -0.138. The molecule has 4 nitrogen and oxygen atoms in total. The van der Waals surface area contributed by atoms with Crippen LogP contribution in [0, 0.1) is 13.8 Å². The highest BCUT2D eigenvalue weighted by molar-refractivity contribution is 5.85. The lowest BCUT2D eigenvalue weighted by Crippen LogP contribution is -2.32. The molecule has 120 valence electrons. The molecule has 0 saturated heterocycles.